The molecule has 4 rings (SSSR count). The summed E-state index contributed by atoms with van der Waals surface area (Å²) in [6.07, 6.45) is 2.28. The first-order valence-corrected chi connectivity index (χ1v) is 11.1. The van der Waals surface area contributed by atoms with E-state index in [0.717, 1.165) is 21.2 Å². The zero-order valence-electron chi connectivity index (χ0n) is 17.7. The third-order valence-electron chi connectivity index (χ3n) is 5.03. The topological polar surface area (TPSA) is 99.2 Å². The number of aryl methyl sites for hydroxylation is 1. The maximum atomic E-state index is 13.3. The summed E-state index contributed by atoms with van der Waals surface area (Å²) < 4.78 is 8.21. The Bertz CT molecular complexity index is 1230. The number of benzene rings is 2. The first-order chi connectivity index (χ1) is 15.5. The van der Waals surface area contributed by atoms with Gasteiger partial charge in [-0.1, -0.05) is 48.5 Å². The average molecular weight is 449 g/mol. The second-order valence-electron chi connectivity index (χ2n) is 7.55. The Labute approximate surface area is 189 Å². The molecule has 7 nitrogen and oxygen atoms in total. The number of primary amides is 1. The summed E-state index contributed by atoms with van der Waals surface area (Å²) in [6, 6.07) is 17.5. The molecule has 0 saturated heterocycles. The number of nitrogens with zero attached hydrogens (tertiary/aromatic N) is 2. The highest BCUT2D eigenvalue weighted by Crippen LogP contribution is 2.34. The van der Waals surface area contributed by atoms with Gasteiger partial charge in [0.2, 0.25) is 5.91 Å². The number of hydrogen-bond acceptors (Lipinski definition) is 5. The minimum absolute atomic E-state index is 0.167. The highest BCUT2D eigenvalue weighted by molar-refractivity contribution is 7.17. The number of fused-ring (bicyclic) bond motifs is 1. The van der Waals surface area contributed by atoms with Crippen LogP contribution < -0.4 is 11.1 Å². The third kappa shape index (κ3) is 5.04. The standard InChI is InChI=1S/C24H24N4O3S/c1-28-12-19(23(27-28)20-15-32-21-10-6-5-9-18(20)21)24(30)26-17(13-31-14-22(25)29)11-16-7-3-2-4-8-16/h2-10,12,15,17H,11,13-14H2,1H3,(H2,25,29)(H,26,30). The van der Waals surface area contributed by atoms with Crippen molar-refractivity contribution in [3.05, 3.63) is 77.3 Å². The molecule has 2 amide bonds. The van der Waals surface area contributed by atoms with Gasteiger partial charge in [0, 0.05) is 34.3 Å². The van der Waals surface area contributed by atoms with E-state index < -0.39 is 5.91 Å². The molecule has 0 aliphatic rings. The van der Waals surface area contributed by atoms with Crippen LogP contribution in [0.3, 0.4) is 0 Å². The van der Waals surface area contributed by atoms with Crippen molar-refractivity contribution in [3.8, 4) is 11.3 Å². The summed E-state index contributed by atoms with van der Waals surface area (Å²) in [6.45, 7) is -0.0270. The van der Waals surface area contributed by atoms with Gasteiger partial charge in [0.25, 0.3) is 5.91 Å². The van der Waals surface area contributed by atoms with Gasteiger partial charge in [0.15, 0.2) is 0 Å². The fraction of sp³-hybridized carbons (Fsp3) is 0.208. The molecular weight excluding hydrogens is 424 g/mol. The van der Waals surface area contributed by atoms with E-state index in [2.05, 4.69) is 16.5 Å². The van der Waals surface area contributed by atoms with E-state index in [1.165, 1.54) is 0 Å². The number of thiophene rings is 1. The zero-order valence-corrected chi connectivity index (χ0v) is 18.5. The lowest BCUT2D eigenvalue weighted by Gasteiger charge is -2.19. The number of nitrogens with two attached hydrogens (primary N) is 1. The van der Waals surface area contributed by atoms with Gasteiger partial charge in [-0.25, -0.2) is 0 Å². The van der Waals surface area contributed by atoms with Crippen LogP contribution in [0.1, 0.15) is 15.9 Å². The molecule has 8 heteroatoms. The Hall–Kier alpha value is -3.49. The van der Waals surface area contributed by atoms with Crippen molar-refractivity contribution in [2.45, 2.75) is 12.5 Å². The lowest BCUT2D eigenvalue weighted by Crippen LogP contribution is -2.40. The summed E-state index contributed by atoms with van der Waals surface area (Å²) in [7, 11) is 1.80. The number of carbonyl (C=O) groups is 2. The molecule has 2 aromatic heterocycles. The summed E-state index contributed by atoms with van der Waals surface area (Å²) in [5.41, 5.74) is 8.30. The molecule has 0 radical (unpaired) electrons. The molecule has 4 aromatic rings. The van der Waals surface area contributed by atoms with E-state index in [0.29, 0.717) is 17.7 Å². The zero-order chi connectivity index (χ0) is 22.5. The van der Waals surface area contributed by atoms with Gasteiger partial charge >= 0.3 is 0 Å². The van der Waals surface area contributed by atoms with E-state index in [4.69, 9.17) is 10.5 Å². The number of amides is 2. The maximum Gasteiger partial charge on any atom is 0.255 e. The van der Waals surface area contributed by atoms with Gasteiger partial charge < -0.3 is 15.8 Å². The van der Waals surface area contributed by atoms with Gasteiger partial charge in [-0.2, -0.15) is 5.10 Å². The molecule has 0 aliphatic heterocycles. The van der Waals surface area contributed by atoms with E-state index in [1.807, 2.05) is 53.9 Å². The smallest absolute Gasteiger partial charge is 0.255 e. The van der Waals surface area contributed by atoms with Crippen LogP contribution in [0, 0.1) is 0 Å². The van der Waals surface area contributed by atoms with Crippen molar-refractivity contribution in [1.29, 1.82) is 0 Å². The van der Waals surface area contributed by atoms with Crippen LogP contribution >= 0.6 is 11.3 Å². The summed E-state index contributed by atoms with van der Waals surface area (Å²) in [5.74, 6) is -0.791. The number of aromatic nitrogens is 2. The van der Waals surface area contributed by atoms with Crippen LogP contribution in [0.2, 0.25) is 0 Å². The van der Waals surface area contributed by atoms with Gasteiger partial charge in [-0.3, -0.25) is 14.3 Å². The van der Waals surface area contributed by atoms with Gasteiger partial charge in [0.1, 0.15) is 12.3 Å². The molecule has 0 spiro atoms. The highest BCUT2D eigenvalue weighted by Gasteiger charge is 2.22. The average Bonchev–Trinajstić information content (AvgIpc) is 3.37. The molecule has 32 heavy (non-hydrogen) atoms. The Morgan fingerprint density at radius 2 is 1.91 bits per heavy atom. The van der Waals surface area contributed by atoms with E-state index in [9.17, 15) is 9.59 Å². The second-order valence-corrected chi connectivity index (χ2v) is 8.46. The van der Waals surface area contributed by atoms with E-state index in [1.54, 1.807) is 29.3 Å². The minimum atomic E-state index is -0.548. The Kier molecular flexibility index (Phi) is 6.63. The molecule has 3 N–H and O–H groups in total. The summed E-state index contributed by atoms with van der Waals surface area (Å²) in [5, 5.41) is 10.7. The minimum Gasteiger partial charge on any atom is -0.370 e. The predicted molar refractivity (Wildman–Crippen MR) is 125 cm³/mol. The van der Waals surface area contributed by atoms with Crippen LogP contribution in [0.4, 0.5) is 0 Å². The Morgan fingerprint density at radius 1 is 1.16 bits per heavy atom. The van der Waals surface area contributed by atoms with E-state index in [-0.39, 0.29) is 25.2 Å². The van der Waals surface area contributed by atoms with Crippen molar-refractivity contribution >= 4 is 33.2 Å². The largest absolute Gasteiger partial charge is 0.370 e. The number of ether oxygens (including phenoxy) is 1. The number of hydrogen-bond donors (Lipinski definition) is 2. The fourth-order valence-corrected chi connectivity index (χ4v) is 4.58. The Morgan fingerprint density at radius 3 is 2.69 bits per heavy atom. The lowest BCUT2D eigenvalue weighted by atomic mass is 10.0. The van der Waals surface area contributed by atoms with Gasteiger partial charge in [-0.05, 0) is 18.1 Å². The van der Waals surface area contributed by atoms with Gasteiger partial charge in [-0.15, -0.1) is 11.3 Å². The second kappa shape index (κ2) is 9.76. The number of nitrogens with one attached hydrogen (secondary N) is 1. The van der Waals surface area contributed by atoms with Crippen LogP contribution in [-0.2, 0) is 23.0 Å². The van der Waals surface area contributed by atoms with Crippen molar-refractivity contribution in [2.75, 3.05) is 13.2 Å². The molecule has 2 heterocycles. The molecule has 0 bridgehead atoms. The van der Waals surface area contributed by atoms with Gasteiger partial charge in [0.05, 0.1) is 18.2 Å². The summed E-state index contributed by atoms with van der Waals surface area (Å²) in [4.78, 5) is 24.4. The predicted octanol–water partition coefficient (Wildman–Crippen LogP) is 3.14. The van der Waals surface area contributed by atoms with E-state index >= 15 is 0 Å². The van der Waals surface area contributed by atoms with Crippen LogP contribution in [0.25, 0.3) is 21.3 Å². The summed E-state index contributed by atoms with van der Waals surface area (Å²) >= 11 is 1.62. The molecule has 0 fully saturated rings. The first kappa shape index (κ1) is 21.7. The number of carbonyl (C=O) groups excluding carboxylic acids is 2. The van der Waals surface area contributed by atoms with Crippen molar-refractivity contribution in [1.82, 2.24) is 15.1 Å². The van der Waals surface area contributed by atoms with Crippen molar-refractivity contribution < 1.29 is 14.3 Å². The molecule has 2 aromatic carbocycles. The van der Waals surface area contributed by atoms with Crippen molar-refractivity contribution in [3.63, 3.8) is 0 Å². The van der Waals surface area contributed by atoms with Crippen LogP contribution in [0.15, 0.2) is 66.2 Å². The first-order valence-electron chi connectivity index (χ1n) is 10.2. The molecular formula is C24H24N4O3S. The maximum absolute atomic E-state index is 13.3. The SMILES string of the molecule is Cn1cc(C(=O)NC(COCC(N)=O)Cc2ccccc2)c(-c2csc3ccccc23)n1. The molecule has 0 aliphatic carbocycles. The normalized spacial score (nSPS) is 12.0. The van der Waals surface area contributed by atoms with Crippen LogP contribution in [0.5, 0.6) is 0 Å². The quantitative estimate of drug-likeness (QED) is 0.411. The molecule has 0 saturated carbocycles. The fourth-order valence-electron chi connectivity index (χ4n) is 3.63. The highest BCUT2D eigenvalue weighted by atomic mass is 32.1. The number of rotatable bonds is 9. The van der Waals surface area contributed by atoms with Crippen LogP contribution in [-0.4, -0.2) is 40.9 Å². The molecule has 1 atom stereocenters. The lowest BCUT2D eigenvalue weighted by molar-refractivity contribution is -0.122. The monoisotopic (exact) mass is 448 g/mol. The third-order valence-corrected chi connectivity index (χ3v) is 6.00. The van der Waals surface area contributed by atoms with Crippen molar-refractivity contribution in [2.24, 2.45) is 12.8 Å². The Balaban J connectivity index is 1.58. The molecule has 1 unspecified atom stereocenters. The molecule has 164 valence electrons.